The summed E-state index contributed by atoms with van der Waals surface area (Å²) in [5, 5.41) is 14.5. The van der Waals surface area contributed by atoms with Crippen LogP contribution >= 0.6 is 11.6 Å². The fourth-order valence-electron chi connectivity index (χ4n) is 1.88. The van der Waals surface area contributed by atoms with Crippen molar-refractivity contribution in [2.45, 2.75) is 51.7 Å². The lowest BCUT2D eigenvalue weighted by atomic mass is 9.93. The van der Waals surface area contributed by atoms with Gasteiger partial charge in [0, 0.05) is 17.0 Å². The van der Waals surface area contributed by atoms with Crippen molar-refractivity contribution in [2.24, 2.45) is 0 Å². The van der Waals surface area contributed by atoms with Crippen LogP contribution in [0.4, 0.5) is 0 Å². The molecule has 3 heteroatoms. The van der Waals surface area contributed by atoms with E-state index in [1.807, 2.05) is 31.2 Å². The largest absolute Gasteiger partial charge is 0.390 e. The molecule has 0 aliphatic carbocycles. The second-order valence-electron chi connectivity index (χ2n) is 6.23. The second kappa shape index (κ2) is 6.05. The number of benzene rings is 1. The van der Waals surface area contributed by atoms with Crippen LogP contribution < -0.4 is 5.32 Å². The highest BCUT2D eigenvalue weighted by Gasteiger charge is 2.21. The third-order valence-electron chi connectivity index (χ3n) is 2.79. The van der Waals surface area contributed by atoms with Crippen molar-refractivity contribution < 1.29 is 5.11 Å². The van der Waals surface area contributed by atoms with Crippen LogP contribution in [0.25, 0.3) is 0 Å². The normalized spacial score (nSPS) is 15.4. The van der Waals surface area contributed by atoms with E-state index < -0.39 is 5.60 Å². The first-order valence-corrected chi connectivity index (χ1v) is 6.78. The Balaban J connectivity index is 2.49. The number of rotatable bonds is 5. The van der Waals surface area contributed by atoms with Crippen molar-refractivity contribution in [1.82, 2.24) is 5.32 Å². The summed E-state index contributed by atoms with van der Waals surface area (Å²) in [6.45, 7) is 9.05. The van der Waals surface area contributed by atoms with Crippen molar-refractivity contribution in [3.05, 3.63) is 34.9 Å². The highest BCUT2D eigenvalue weighted by Crippen LogP contribution is 2.19. The Morgan fingerprint density at radius 3 is 2.44 bits per heavy atom. The minimum atomic E-state index is -0.705. The number of hydrogen-bond donors (Lipinski definition) is 2. The van der Waals surface area contributed by atoms with Crippen molar-refractivity contribution in [2.75, 3.05) is 6.54 Å². The molecular weight excluding hydrogens is 246 g/mol. The molecule has 0 saturated carbocycles. The van der Waals surface area contributed by atoms with Gasteiger partial charge >= 0.3 is 0 Å². The highest BCUT2D eigenvalue weighted by atomic mass is 35.5. The molecule has 0 saturated heterocycles. The Morgan fingerprint density at radius 1 is 1.22 bits per heavy atom. The van der Waals surface area contributed by atoms with E-state index in [0.29, 0.717) is 6.42 Å². The first kappa shape index (κ1) is 15.5. The molecule has 2 N–H and O–H groups in total. The van der Waals surface area contributed by atoms with E-state index in [2.05, 4.69) is 26.1 Å². The fraction of sp³-hybridized carbons (Fsp3) is 0.600. The first-order chi connectivity index (χ1) is 8.18. The molecular formula is C15H24ClNO. The van der Waals surface area contributed by atoms with Crippen LogP contribution in [0.3, 0.4) is 0 Å². The van der Waals surface area contributed by atoms with Gasteiger partial charge in [0.25, 0.3) is 0 Å². The molecule has 1 aromatic carbocycles. The molecule has 2 nitrogen and oxygen atoms in total. The van der Waals surface area contributed by atoms with Gasteiger partial charge in [-0.2, -0.15) is 0 Å². The molecule has 18 heavy (non-hydrogen) atoms. The van der Waals surface area contributed by atoms with E-state index in [1.165, 1.54) is 0 Å². The fourth-order valence-corrected chi connectivity index (χ4v) is 2.09. The predicted octanol–water partition coefficient (Wildman–Crippen LogP) is 3.41. The van der Waals surface area contributed by atoms with E-state index >= 15 is 0 Å². The lowest BCUT2D eigenvalue weighted by Gasteiger charge is -2.27. The van der Waals surface area contributed by atoms with Crippen molar-refractivity contribution >= 4 is 11.6 Å². The van der Waals surface area contributed by atoms with Crippen LogP contribution in [0.1, 0.15) is 39.7 Å². The Bertz CT molecular complexity index is 382. The van der Waals surface area contributed by atoms with E-state index in [9.17, 15) is 5.11 Å². The number of aliphatic hydroxyl groups is 1. The molecule has 0 amide bonds. The third-order valence-corrected chi connectivity index (χ3v) is 3.03. The molecule has 1 rings (SSSR count). The summed E-state index contributed by atoms with van der Waals surface area (Å²) in [6, 6.07) is 7.67. The van der Waals surface area contributed by atoms with Gasteiger partial charge in [0.2, 0.25) is 0 Å². The average Bonchev–Trinajstić information content (AvgIpc) is 2.13. The summed E-state index contributed by atoms with van der Waals surface area (Å²) < 4.78 is 0. The predicted molar refractivity (Wildman–Crippen MR) is 78.2 cm³/mol. The lowest BCUT2D eigenvalue weighted by Crippen LogP contribution is -2.40. The van der Waals surface area contributed by atoms with Gasteiger partial charge in [-0.3, -0.25) is 0 Å². The summed E-state index contributed by atoms with van der Waals surface area (Å²) in [6.07, 6.45) is 1.34. The highest BCUT2D eigenvalue weighted by molar-refractivity contribution is 6.30. The first-order valence-electron chi connectivity index (χ1n) is 6.40. The SMILES string of the molecule is CC(O)(CCNC(C)(C)C)Cc1cccc(Cl)c1. The minimum Gasteiger partial charge on any atom is -0.390 e. The lowest BCUT2D eigenvalue weighted by molar-refractivity contribution is 0.0499. The van der Waals surface area contributed by atoms with Gasteiger partial charge in [-0.1, -0.05) is 23.7 Å². The zero-order valence-electron chi connectivity index (χ0n) is 11.8. The molecule has 0 fully saturated rings. The third kappa shape index (κ3) is 6.39. The molecule has 0 aromatic heterocycles. The average molecular weight is 270 g/mol. The summed E-state index contributed by atoms with van der Waals surface area (Å²) in [5.41, 5.74) is 0.456. The maximum absolute atomic E-state index is 10.4. The molecule has 1 unspecified atom stereocenters. The van der Waals surface area contributed by atoms with E-state index in [4.69, 9.17) is 11.6 Å². The van der Waals surface area contributed by atoms with Gasteiger partial charge < -0.3 is 10.4 Å². The van der Waals surface area contributed by atoms with Gasteiger partial charge in [0.1, 0.15) is 0 Å². The molecule has 0 heterocycles. The zero-order chi connectivity index (χ0) is 13.8. The Labute approximate surface area is 115 Å². The number of nitrogens with one attached hydrogen (secondary N) is 1. The van der Waals surface area contributed by atoms with Crippen LogP contribution in [0.5, 0.6) is 0 Å². The summed E-state index contributed by atoms with van der Waals surface area (Å²) in [5.74, 6) is 0. The molecule has 0 bridgehead atoms. The van der Waals surface area contributed by atoms with Crippen molar-refractivity contribution in [3.8, 4) is 0 Å². The van der Waals surface area contributed by atoms with E-state index in [0.717, 1.165) is 23.6 Å². The van der Waals surface area contributed by atoms with Crippen LogP contribution in [0, 0.1) is 0 Å². The van der Waals surface area contributed by atoms with Crippen LogP contribution in [-0.2, 0) is 6.42 Å². The second-order valence-corrected chi connectivity index (χ2v) is 6.67. The van der Waals surface area contributed by atoms with Crippen LogP contribution in [0.2, 0.25) is 5.02 Å². The number of halogens is 1. The molecule has 1 atom stereocenters. The maximum atomic E-state index is 10.4. The topological polar surface area (TPSA) is 32.3 Å². The molecule has 1 aromatic rings. The van der Waals surface area contributed by atoms with Gasteiger partial charge in [0.05, 0.1) is 5.60 Å². The van der Waals surface area contributed by atoms with Crippen molar-refractivity contribution in [3.63, 3.8) is 0 Å². The quantitative estimate of drug-likeness (QED) is 0.859. The standard InChI is InChI=1S/C15H24ClNO/c1-14(2,3)17-9-8-15(4,18)11-12-6-5-7-13(16)10-12/h5-7,10,17-18H,8-9,11H2,1-4H3. The summed E-state index contributed by atoms with van der Waals surface area (Å²) in [7, 11) is 0. The van der Waals surface area contributed by atoms with Crippen molar-refractivity contribution in [1.29, 1.82) is 0 Å². The number of hydrogen-bond acceptors (Lipinski definition) is 2. The maximum Gasteiger partial charge on any atom is 0.0672 e. The van der Waals surface area contributed by atoms with E-state index in [-0.39, 0.29) is 5.54 Å². The molecule has 0 aliphatic heterocycles. The van der Waals surface area contributed by atoms with Gasteiger partial charge in [-0.05, 0) is 58.4 Å². The van der Waals surface area contributed by atoms with Crippen LogP contribution in [0.15, 0.2) is 24.3 Å². The summed E-state index contributed by atoms with van der Waals surface area (Å²) >= 11 is 5.94. The van der Waals surface area contributed by atoms with Crippen LogP contribution in [-0.4, -0.2) is 22.8 Å². The Hall–Kier alpha value is -0.570. The van der Waals surface area contributed by atoms with Gasteiger partial charge in [0.15, 0.2) is 0 Å². The van der Waals surface area contributed by atoms with Gasteiger partial charge in [-0.15, -0.1) is 0 Å². The zero-order valence-corrected chi connectivity index (χ0v) is 12.5. The molecule has 0 radical (unpaired) electrons. The van der Waals surface area contributed by atoms with E-state index in [1.54, 1.807) is 0 Å². The minimum absolute atomic E-state index is 0.0894. The Morgan fingerprint density at radius 2 is 1.89 bits per heavy atom. The van der Waals surface area contributed by atoms with Gasteiger partial charge in [-0.25, -0.2) is 0 Å². The smallest absolute Gasteiger partial charge is 0.0672 e. The Kier molecular flexibility index (Phi) is 5.20. The molecule has 102 valence electrons. The molecule has 0 aliphatic rings. The molecule has 0 spiro atoms. The monoisotopic (exact) mass is 269 g/mol. The summed E-state index contributed by atoms with van der Waals surface area (Å²) in [4.78, 5) is 0.